The molecule has 0 aliphatic carbocycles. The van der Waals surface area contributed by atoms with E-state index in [0.717, 1.165) is 9.54 Å². The van der Waals surface area contributed by atoms with Crippen LogP contribution < -0.4 is 0 Å². The van der Waals surface area contributed by atoms with Crippen molar-refractivity contribution in [3.8, 4) is 11.3 Å². The fourth-order valence-corrected chi connectivity index (χ4v) is 4.47. The Balaban J connectivity index is 2.36. The molecule has 0 radical (unpaired) electrons. The van der Waals surface area contributed by atoms with Gasteiger partial charge in [0.25, 0.3) is 10.0 Å². The first-order valence-corrected chi connectivity index (χ1v) is 10.5. The summed E-state index contributed by atoms with van der Waals surface area (Å²) in [6.07, 6.45) is 1.17. The number of esters is 1. The molecule has 0 bridgehead atoms. The monoisotopic (exact) mass is 411 g/mol. The Kier molecular flexibility index (Phi) is 5.70. The summed E-state index contributed by atoms with van der Waals surface area (Å²) >= 11 is 0. The molecule has 0 aliphatic rings. The average molecular weight is 411 g/mol. The Bertz CT molecular complexity index is 1160. The number of Topliss-reactive ketones (excluding diaryl/α,β-unsaturated/α-hetero) is 1. The SMILES string of the molecule is CCOC(=O)c1cn(S(=O)(=O)c2ccc(C)cc2)c(-c2ccccc2)c1C(C)=O. The van der Waals surface area contributed by atoms with Crippen LogP contribution in [-0.4, -0.2) is 30.7 Å². The molecule has 3 rings (SSSR count). The summed E-state index contributed by atoms with van der Waals surface area (Å²) in [5.41, 5.74) is 1.50. The summed E-state index contributed by atoms with van der Waals surface area (Å²) in [5.74, 6) is -1.17. The fourth-order valence-electron chi connectivity index (χ4n) is 3.09. The number of aromatic nitrogens is 1. The third-order valence-electron chi connectivity index (χ3n) is 4.45. The second-order valence-electron chi connectivity index (χ2n) is 6.52. The molecule has 6 nitrogen and oxygen atoms in total. The summed E-state index contributed by atoms with van der Waals surface area (Å²) in [6, 6.07) is 15.0. The Labute approximate surface area is 169 Å². The van der Waals surface area contributed by atoms with Crippen LogP contribution in [0.4, 0.5) is 0 Å². The van der Waals surface area contributed by atoms with Crippen LogP contribution in [0.3, 0.4) is 0 Å². The van der Waals surface area contributed by atoms with Crippen molar-refractivity contribution in [2.45, 2.75) is 25.7 Å². The molecule has 7 heteroatoms. The zero-order valence-electron chi connectivity index (χ0n) is 16.4. The molecule has 0 fully saturated rings. The van der Waals surface area contributed by atoms with Crippen molar-refractivity contribution >= 4 is 21.8 Å². The largest absolute Gasteiger partial charge is 0.462 e. The van der Waals surface area contributed by atoms with Crippen molar-refractivity contribution < 1.29 is 22.7 Å². The zero-order chi connectivity index (χ0) is 21.2. The maximum Gasteiger partial charge on any atom is 0.340 e. The predicted molar refractivity (Wildman–Crippen MR) is 110 cm³/mol. The van der Waals surface area contributed by atoms with Crippen LogP contribution in [-0.2, 0) is 14.8 Å². The maximum atomic E-state index is 13.4. The molecule has 1 aromatic heterocycles. The van der Waals surface area contributed by atoms with E-state index in [9.17, 15) is 18.0 Å². The van der Waals surface area contributed by atoms with Gasteiger partial charge < -0.3 is 4.74 Å². The average Bonchev–Trinajstić information content (AvgIpc) is 3.11. The minimum atomic E-state index is -4.06. The number of hydrogen-bond donors (Lipinski definition) is 0. The van der Waals surface area contributed by atoms with Crippen molar-refractivity contribution in [3.63, 3.8) is 0 Å². The van der Waals surface area contributed by atoms with Gasteiger partial charge in [-0.2, -0.15) is 0 Å². The van der Waals surface area contributed by atoms with Gasteiger partial charge in [-0.25, -0.2) is 17.2 Å². The normalized spacial score (nSPS) is 11.3. The second-order valence-corrected chi connectivity index (χ2v) is 8.34. The van der Waals surface area contributed by atoms with Crippen LogP contribution >= 0.6 is 0 Å². The van der Waals surface area contributed by atoms with E-state index in [4.69, 9.17) is 4.74 Å². The van der Waals surface area contributed by atoms with E-state index in [0.29, 0.717) is 5.56 Å². The van der Waals surface area contributed by atoms with Gasteiger partial charge in [0.1, 0.15) is 0 Å². The van der Waals surface area contributed by atoms with Gasteiger partial charge in [0, 0.05) is 6.20 Å². The lowest BCUT2D eigenvalue weighted by atomic mass is 10.0. The van der Waals surface area contributed by atoms with Crippen LogP contribution in [0.1, 0.15) is 40.1 Å². The summed E-state index contributed by atoms with van der Waals surface area (Å²) < 4.78 is 32.9. The number of rotatable bonds is 6. The highest BCUT2D eigenvalue weighted by atomic mass is 32.2. The third kappa shape index (κ3) is 3.86. The van der Waals surface area contributed by atoms with E-state index in [-0.39, 0.29) is 28.3 Å². The summed E-state index contributed by atoms with van der Waals surface area (Å²) in [6.45, 7) is 4.90. The molecule has 3 aromatic rings. The molecule has 0 saturated carbocycles. The van der Waals surface area contributed by atoms with Gasteiger partial charge in [-0.15, -0.1) is 0 Å². The summed E-state index contributed by atoms with van der Waals surface area (Å²) in [5, 5.41) is 0. The van der Waals surface area contributed by atoms with Crippen LogP contribution in [0.2, 0.25) is 0 Å². The molecule has 2 aromatic carbocycles. The molecule has 1 heterocycles. The molecule has 0 unspecified atom stereocenters. The number of carbonyl (C=O) groups is 2. The second kappa shape index (κ2) is 8.05. The Morgan fingerprint density at radius 1 is 1.00 bits per heavy atom. The fraction of sp³-hybridized carbons (Fsp3) is 0.182. The van der Waals surface area contributed by atoms with Gasteiger partial charge in [-0.05, 0) is 38.5 Å². The van der Waals surface area contributed by atoms with Crippen molar-refractivity contribution in [1.82, 2.24) is 3.97 Å². The molecule has 150 valence electrons. The van der Waals surface area contributed by atoms with Gasteiger partial charge in [0.2, 0.25) is 0 Å². The van der Waals surface area contributed by atoms with Gasteiger partial charge in [-0.1, -0.05) is 48.0 Å². The lowest BCUT2D eigenvalue weighted by molar-refractivity contribution is 0.0523. The minimum absolute atomic E-state index is 0.0188. The molecular weight excluding hydrogens is 390 g/mol. The minimum Gasteiger partial charge on any atom is -0.462 e. The summed E-state index contributed by atoms with van der Waals surface area (Å²) in [4.78, 5) is 25.0. The van der Waals surface area contributed by atoms with Gasteiger partial charge in [0.15, 0.2) is 5.78 Å². The van der Waals surface area contributed by atoms with Crippen molar-refractivity contribution in [1.29, 1.82) is 0 Å². The molecule has 0 spiro atoms. The van der Waals surface area contributed by atoms with E-state index in [1.54, 1.807) is 49.4 Å². The molecule has 0 N–H and O–H groups in total. The molecule has 0 aliphatic heterocycles. The van der Waals surface area contributed by atoms with Crippen LogP contribution in [0.5, 0.6) is 0 Å². The highest BCUT2D eigenvalue weighted by Crippen LogP contribution is 2.33. The number of ether oxygens (including phenoxy) is 1. The van der Waals surface area contributed by atoms with Gasteiger partial charge >= 0.3 is 5.97 Å². The highest BCUT2D eigenvalue weighted by Gasteiger charge is 2.31. The standard InChI is InChI=1S/C22H21NO5S/c1-4-28-22(25)19-14-23(29(26,27)18-12-10-15(2)11-13-18)21(20(19)16(3)24)17-8-6-5-7-9-17/h5-14H,4H2,1-3H3. The Morgan fingerprint density at radius 3 is 2.17 bits per heavy atom. The maximum absolute atomic E-state index is 13.4. The van der Waals surface area contributed by atoms with Crippen LogP contribution in [0, 0.1) is 6.92 Å². The third-order valence-corrected chi connectivity index (χ3v) is 6.12. The predicted octanol–water partition coefficient (Wildman–Crippen LogP) is 4.08. The quantitative estimate of drug-likeness (QED) is 0.451. The van der Waals surface area contributed by atoms with Crippen molar-refractivity contribution in [3.05, 3.63) is 77.5 Å². The van der Waals surface area contributed by atoms with Crippen molar-refractivity contribution in [2.75, 3.05) is 6.61 Å². The first-order valence-electron chi connectivity index (χ1n) is 9.08. The first-order chi connectivity index (χ1) is 13.8. The van der Waals surface area contributed by atoms with Crippen molar-refractivity contribution in [2.24, 2.45) is 0 Å². The number of carbonyl (C=O) groups excluding carboxylic acids is 2. The van der Waals surface area contributed by atoms with E-state index in [1.165, 1.54) is 25.3 Å². The highest BCUT2D eigenvalue weighted by molar-refractivity contribution is 7.90. The number of aryl methyl sites for hydroxylation is 1. The van der Waals surface area contributed by atoms with Gasteiger partial charge in [-0.3, -0.25) is 4.79 Å². The van der Waals surface area contributed by atoms with Gasteiger partial charge in [0.05, 0.1) is 28.3 Å². The molecule has 0 saturated heterocycles. The van der Waals surface area contributed by atoms with E-state index >= 15 is 0 Å². The number of nitrogens with zero attached hydrogens (tertiary/aromatic N) is 1. The molecule has 29 heavy (non-hydrogen) atoms. The lowest BCUT2D eigenvalue weighted by Gasteiger charge is -2.12. The molecule has 0 amide bonds. The Hall–Kier alpha value is -3.19. The van der Waals surface area contributed by atoms with Crippen LogP contribution in [0.25, 0.3) is 11.3 Å². The number of ketones is 1. The molecule has 0 atom stereocenters. The Morgan fingerprint density at radius 2 is 1.62 bits per heavy atom. The zero-order valence-corrected chi connectivity index (χ0v) is 17.2. The van der Waals surface area contributed by atoms with E-state index in [2.05, 4.69) is 0 Å². The topological polar surface area (TPSA) is 82.4 Å². The lowest BCUT2D eigenvalue weighted by Crippen LogP contribution is -2.14. The summed E-state index contributed by atoms with van der Waals surface area (Å²) in [7, 11) is -4.06. The van der Waals surface area contributed by atoms with E-state index < -0.39 is 21.8 Å². The van der Waals surface area contributed by atoms with Crippen LogP contribution in [0.15, 0.2) is 65.7 Å². The first kappa shape index (κ1) is 20.5. The molecular formula is C22H21NO5S. The smallest absolute Gasteiger partial charge is 0.340 e. The van der Waals surface area contributed by atoms with E-state index in [1.807, 2.05) is 6.92 Å². The number of benzene rings is 2. The number of hydrogen-bond acceptors (Lipinski definition) is 5.